The van der Waals surface area contributed by atoms with Crippen molar-refractivity contribution in [3.05, 3.63) is 69.4 Å². The Kier molecular flexibility index (Phi) is 6.94. The van der Waals surface area contributed by atoms with Crippen molar-refractivity contribution in [1.82, 2.24) is 14.3 Å². The molecule has 0 aliphatic carbocycles. The summed E-state index contributed by atoms with van der Waals surface area (Å²) in [5, 5.41) is 14.3. The van der Waals surface area contributed by atoms with Crippen LogP contribution in [0.25, 0.3) is 11.1 Å². The number of ether oxygens (including phenoxy) is 2. The second-order valence-corrected chi connectivity index (χ2v) is 8.97. The normalized spacial score (nSPS) is 12.2. The lowest BCUT2D eigenvalue weighted by atomic mass is 10.00. The van der Waals surface area contributed by atoms with Gasteiger partial charge in [0.15, 0.2) is 0 Å². The molecule has 1 atom stereocenters. The molecule has 0 fully saturated rings. The summed E-state index contributed by atoms with van der Waals surface area (Å²) >= 11 is 6.13. The van der Waals surface area contributed by atoms with Gasteiger partial charge in [-0.2, -0.15) is 10.4 Å². The Balaban J connectivity index is 2.15. The Hall–Kier alpha value is -3.57. The van der Waals surface area contributed by atoms with Crippen molar-refractivity contribution in [2.24, 2.45) is 7.05 Å². The van der Waals surface area contributed by atoms with E-state index in [0.717, 1.165) is 0 Å². The van der Waals surface area contributed by atoms with Crippen LogP contribution in [0.4, 0.5) is 0 Å². The third-order valence-electron chi connectivity index (χ3n) is 4.84. The van der Waals surface area contributed by atoms with Gasteiger partial charge in [-0.1, -0.05) is 11.6 Å². The molecule has 1 unspecified atom stereocenters. The smallest absolute Gasteiger partial charge is 0.330 e. The Morgan fingerprint density at radius 2 is 1.97 bits per heavy atom. The zero-order chi connectivity index (χ0) is 24.3. The van der Waals surface area contributed by atoms with Crippen molar-refractivity contribution in [3.8, 4) is 22.9 Å². The SMILES string of the molecule is COc1cn(C(Cc2ccn(C)n2)C(=O)OC(C)(C)C)c(=O)cc1-c1cc(Cl)ccc1C#N. The predicted octanol–water partition coefficient (Wildman–Crippen LogP) is 3.91. The third kappa shape index (κ3) is 5.62. The molecule has 0 saturated carbocycles. The van der Waals surface area contributed by atoms with Crippen LogP contribution in [0.2, 0.25) is 5.02 Å². The summed E-state index contributed by atoms with van der Waals surface area (Å²) in [6.07, 6.45) is 3.37. The van der Waals surface area contributed by atoms with Crippen LogP contribution in [0.1, 0.15) is 38.1 Å². The van der Waals surface area contributed by atoms with Crippen LogP contribution in [0.3, 0.4) is 0 Å². The fraction of sp³-hybridized carbons (Fsp3) is 0.333. The van der Waals surface area contributed by atoms with E-state index < -0.39 is 23.2 Å². The molecule has 33 heavy (non-hydrogen) atoms. The van der Waals surface area contributed by atoms with Gasteiger partial charge < -0.3 is 9.47 Å². The molecule has 8 nitrogen and oxygen atoms in total. The van der Waals surface area contributed by atoms with E-state index in [1.165, 1.54) is 23.9 Å². The first-order valence-corrected chi connectivity index (χ1v) is 10.6. The number of halogens is 1. The highest BCUT2D eigenvalue weighted by molar-refractivity contribution is 6.31. The molecular weight excluding hydrogens is 444 g/mol. The van der Waals surface area contributed by atoms with Gasteiger partial charge in [-0.25, -0.2) is 4.79 Å². The first kappa shape index (κ1) is 24.1. The maximum atomic E-state index is 13.2. The molecule has 0 N–H and O–H groups in total. The Morgan fingerprint density at radius 3 is 2.55 bits per heavy atom. The van der Waals surface area contributed by atoms with Gasteiger partial charge in [0.25, 0.3) is 5.56 Å². The number of hydrogen-bond acceptors (Lipinski definition) is 6. The standard InChI is InChI=1S/C24H25ClN4O4/c1-24(2,3)33-23(31)20(11-17-8-9-28(4)27-17)29-14-21(32-5)19(12-22(29)30)18-10-16(25)7-6-15(18)13-26/h6-10,12,14,20H,11H2,1-5H3. The van der Waals surface area contributed by atoms with E-state index in [1.54, 1.807) is 63.0 Å². The number of aryl methyl sites for hydroxylation is 1. The number of benzene rings is 1. The Morgan fingerprint density at radius 1 is 1.24 bits per heavy atom. The van der Waals surface area contributed by atoms with E-state index in [2.05, 4.69) is 11.2 Å². The Bertz CT molecular complexity index is 1280. The first-order valence-electron chi connectivity index (χ1n) is 10.2. The minimum Gasteiger partial charge on any atom is -0.495 e. The molecule has 9 heteroatoms. The minimum absolute atomic E-state index is 0.152. The van der Waals surface area contributed by atoms with E-state index >= 15 is 0 Å². The van der Waals surface area contributed by atoms with Gasteiger partial charge in [0, 0.05) is 41.9 Å². The second-order valence-electron chi connectivity index (χ2n) is 8.54. The summed E-state index contributed by atoms with van der Waals surface area (Å²) in [5.74, 6) is -0.256. The predicted molar refractivity (Wildman–Crippen MR) is 124 cm³/mol. The monoisotopic (exact) mass is 468 g/mol. The lowest BCUT2D eigenvalue weighted by molar-refractivity contribution is -0.159. The molecule has 0 spiro atoms. The average molecular weight is 469 g/mol. The van der Waals surface area contributed by atoms with Gasteiger partial charge >= 0.3 is 5.97 Å². The van der Waals surface area contributed by atoms with Gasteiger partial charge in [0.1, 0.15) is 17.4 Å². The molecule has 2 heterocycles. The van der Waals surface area contributed by atoms with E-state index in [1.807, 2.05) is 0 Å². The second kappa shape index (κ2) is 9.51. The summed E-state index contributed by atoms with van der Waals surface area (Å²) in [6.45, 7) is 5.28. The minimum atomic E-state index is -0.968. The van der Waals surface area contributed by atoms with E-state index in [4.69, 9.17) is 21.1 Å². The molecule has 1 aromatic carbocycles. The quantitative estimate of drug-likeness (QED) is 0.508. The van der Waals surface area contributed by atoms with Crippen molar-refractivity contribution in [3.63, 3.8) is 0 Å². The molecular formula is C24H25ClN4O4. The Labute approximate surface area is 196 Å². The summed E-state index contributed by atoms with van der Waals surface area (Å²) in [4.78, 5) is 26.3. The molecule has 172 valence electrons. The van der Waals surface area contributed by atoms with Gasteiger partial charge in [0.2, 0.25) is 0 Å². The highest BCUT2D eigenvalue weighted by atomic mass is 35.5. The van der Waals surface area contributed by atoms with E-state index in [-0.39, 0.29) is 6.42 Å². The highest BCUT2D eigenvalue weighted by Crippen LogP contribution is 2.33. The molecule has 0 saturated heterocycles. The maximum absolute atomic E-state index is 13.2. The zero-order valence-electron chi connectivity index (χ0n) is 19.1. The molecule has 0 radical (unpaired) electrons. The van der Waals surface area contributed by atoms with Gasteiger partial charge in [-0.15, -0.1) is 0 Å². The van der Waals surface area contributed by atoms with Gasteiger partial charge in [0.05, 0.1) is 30.6 Å². The molecule has 0 amide bonds. The number of rotatable bonds is 6. The van der Waals surface area contributed by atoms with E-state index in [0.29, 0.717) is 33.2 Å². The lowest BCUT2D eigenvalue weighted by Crippen LogP contribution is -2.36. The van der Waals surface area contributed by atoms with Crippen molar-refractivity contribution in [2.75, 3.05) is 7.11 Å². The lowest BCUT2D eigenvalue weighted by Gasteiger charge is -2.25. The fourth-order valence-electron chi connectivity index (χ4n) is 3.42. The van der Waals surface area contributed by atoms with Gasteiger partial charge in [-0.05, 0) is 45.0 Å². The molecule has 0 aliphatic rings. The first-order chi connectivity index (χ1) is 15.5. The van der Waals surface area contributed by atoms with Crippen LogP contribution >= 0.6 is 11.6 Å². The number of carbonyl (C=O) groups excluding carboxylic acids is 1. The van der Waals surface area contributed by atoms with Crippen molar-refractivity contribution in [2.45, 2.75) is 38.8 Å². The molecule has 0 bridgehead atoms. The third-order valence-corrected chi connectivity index (χ3v) is 5.08. The van der Waals surface area contributed by atoms with Crippen molar-refractivity contribution < 1.29 is 14.3 Å². The average Bonchev–Trinajstić information content (AvgIpc) is 3.15. The zero-order valence-corrected chi connectivity index (χ0v) is 19.9. The largest absolute Gasteiger partial charge is 0.495 e. The molecule has 2 aromatic heterocycles. The van der Waals surface area contributed by atoms with Crippen LogP contribution < -0.4 is 10.3 Å². The molecule has 3 rings (SSSR count). The number of esters is 1. The topological polar surface area (TPSA) is 99.1 Å². The summed E-state index contributed by atoms with van der Waals surface area (Å²) in [5.41, 5.74) is 0.636. The summed E-state index contributed by atoms with van der Waals surface area (Å²) < 4.78 is 14.0. The molecule has 0 aliphatic heterocycles. The van der Waals surface area contributed by atoms with Crippen LogP contribution in [-0.4, -0.2) is 33.0 Å². The van der Waals surface area contributed by atoms with Crippen molar-refractivity contribution >= 4 is 17.6 Å². The van der Waals surface area contributed by atoms with Crippen LogP contribution in [0.5, 0.6) is 5.75 Å². The highest BCUT2D eigenvalue weighted by Gasteiger charge is 2.29. The number of aromatic nitrogens is 3. The number of pyridine rings is 1. The number of nitrogens with zero attached hydrogens (tertiary/aromatic N) is 4. The fourth-order valence-corrected chi connectivity index (χ4v) is 3.59. The van der Waals surface area contributed by atoms with Crippen molar-refractivity contribution in [1.29, 1.82) is 5.26 Å². The van der Waals surface area contributed by atoms with Gasteiger partial charge in [-0.3, -0.25) is 14.0 Å². The van der Waals surface area contributed by atoms with Crippen LogP contribution in [0, 0.1) is 11.3 Å². The number of carbonyl (C=O) groups is 1. The number of methoxy groups -OCH3 is 1. The summed E-state index contributed by atoms with van der Waals surface area (Å²) in [7, 11) is 3.22. The van der Waals surface area contributed by atoms with Crippen LogP contribution in [0.15, 0.2) is 47.5 Å². The van der Waals surface area contributed by atoms with E-state index in [9.17, 15) is 14.9 Å². The molecule has 3 aromatic rings. The number of nitriles is 1. The number of hydrogen-bond donors (Lipinski definition) is 0. The summed E-state index contributed by atoms with van der Waals surface area (Å²) in [6, 6.07) is 9.02. The van der Waals surface area contributed by atoms with Crippen LogP contribution in [-0.2, 0) is 23.0 Å². The maximum Gasteiger partial charge on any atom is 0.330 e.